The zero-order valence-electron chi connectivity index (χ0n) is 18.2. The van der Waals surface area contributed by atoms with E-state index in [1.807, 2.05) is 0 Å². The van der Waals surface area contributed by atoms with Gasteiger partial charge < -0.3 is 23.9 Å². The number of rotatable bonds is 8. The molecule has 0 spiro atoms. The van der Waals surface area contributed by atoms with Crippen molar-refractivity contribution in [2.75, 3.05) is 14.2 Å². The van der Waals surface area contributed by atoms with Crippen LogP contribution in [0.5, 0.6) is 11.5 Å². The standard InChI is InChI=1S/C21H21N3O9/c1-11(2)32-18-15(24(28)29)8-12(9-17(18)30-3)7-14-19(25)23(21(27)22-14)10-13-5-6-16(33-13)20(26)31-4/h5-9,11H,10H2,1-4H3,(H,22,27)/b14-7-. The predicted octanol–water partition coefficient (Wildman–Crippen LogP) is 2.86. The highest BCUT2D eigenvalue weighted by Crippen LogP contribution is 2.39. The average molecular weight is 459 g/mol. The van der Waals surface area contributed by atoms with Crippen molar-refractivity contribution in [2.45, 2.75) is 26.5 Å². The number of nitro groups is 1. The second kappa shape index (κ2) is 9.42. The normalized spacial score (nSPS) is 14.6. The first-order valence-electron chi connectivity index (χ1n) is 9.69. The van der Waals surface area contributed by atoms with E-state index in [1.165, 1.54) is 44.6 Å². The van der Waals surface area contributed by atoms with E-state index in [0.717, 1.165) is 4.90 Å². The Bertz CT molecular complexity index is 1150. The fourth-order valence-electron chi connectivity index (χ4n) is 3.04. The molecule has 1 aliphatic heterocycles. The Labute approximate surface area is 187 Å². The highest BCUT2D eigenvalue weighted by molar-refractivity contribution is 6.13. The van der Waals surface area contributed by atoms with Crippen molar-refractivity contribution in [1.82, 2.24) is 10.2 Å². The van der Waals surface area contributed by atoms with Gasteiger partial charge in [0.1, 0.15) is 11.5 Å². The van der Waals surface area contributed by atoms with Crippen LogP contribution in [0, 0.1) is 10.1 Å². The van der Waals surface area contributed by atoms with Crippen LogP contribution >= 0.6 is 0 Å². The molecule has 3 rings (SSSR count). The van der Waals surface area contributed by atoms with Crippen molar-refractivity contribution in [2.24, 2.45) is 0 Å². The van der Waals surface area contributed by atoms with Crippen molar-refractivity contribution >= 4 is 29.7 Å². The highest BCUT2D eigenvalue weighted by Gasteiger charge is 2.35. The van der Waals surface area contributed by atoms with Crippen molar-refractivity contribution in [3.63, 3.8) is 0 Å². The summed E-state index contributed by atoms with van der Waals surface area (Å²) in [6.07, 6.45) is 0.948. The van der Waals surface area contributed by atoms with Crippen LogP contribution in [0.2, 0.25) is 0 Å². The molecule has 0 radical (unpaired) electrons. The molecule has 33 heavy (non-hydrogen) atoms. The van der Waals surface area contributed by atoms with Crippen molar-refractivity contribution in [3.05, 3.63) is 57.2 Å². The number of nitrogens with zero attached hydrogens (tertiary/aromatic N) is 2. The molecule has 3 amide bonds. The Balaban J connectivity index is 1.89. The molecular weight excluding hydrogens is 438 g/mol. The molecule has 0 saturated carbocycles. The molecule has 2 aromatic rings. The number of methoxy groups -OCH3 is 2. The van der Waals surface area contributed by atoms with E-state index in [2.05, 4.69) is 10.1 Å². The fourth-order valence-corrected chi connectivity index (χ4v) is 3.04. The first-order chi connectivity index (χ1) is 15.6. The number of esters is 1. The second-order valence-corrected chi connectivity index (χ2v) is 7.13. The maximum atomic E-state index is 12.8. The number of furan rings is 1. The fraction of sp³-hybridized carbons (Fsp3) is 0.286. The summed E-state index contributed by atoms with van der Waals surface area (Å²) >= 11 is 0. The van der Waals surface area contributed by atoms with Gasteiger partial charge in [-0.05, 0) is 43.7 Å². The number of nitrogens with one attached hydrogen (secondary N) is 1. The van der Waals surface area contributed by atoms with E-state index in [0.29, 0.717) is 0 Å². The third kappa shape index (κ3) is 4.95. The van der Waals surface area contributed by atoms with Crippen LogP contribution in [-0.2, 0) is 16.1 Å². The number of urea groups is 1. The van der Waals surface area contributed by atoms with Gasteiger partial charge in [0.2, 0.25) is 11.5 Å². The molecular formula is C21H21N3O9. The number of hydrogen-bond acceptors (Lipinski definition) is 9. The molecule has 1 saturated heterocycles. The number of carbonyl (C=O) groups is 3. The third-order valence-corrected chi connectivity index (χ3v) is 4.46. The van der Waals surface area contributed by atoms with Gasteiger partial charge in [-0.15, -0.1) is 0 Å². The van der Waals surface area contributed by atoms with Gasteiger partial charge in [0.15, 0.2) is 5.75 Å². The number of imide groups is 1. The molecule has 0 aliphatic carbocycles. The Hall–Kier alpha value is -4.35. The second-order valence-electron chi connectivity index (χ2n) is 7.13. The van der Waals surface area contributed by atoms with E-state index in [4.69, 9.17) is 13.9 Å². The van der Waals surface area contributed by atoms with Crippen molar-refractivity contribution < 1.29 is 37.9 Å². The van der Waals surface area contributed by atoms with Crippen molar-refractivity contribution in [1.29, 1.82) is 0 Å². The van der Waals surface area contributed by atoms with Crippen molar-refractivity contribution in [3.8, 4) is 11.5 Å². The van der Waals surface area contributed by atoms with Gasteiger partial charge in [0.25, 0.3) is 5.91 Å². The van der Waals surface area contributed by atoms with Gasteiger partial charge in [0, 0.05) is 6.07 Å². The SMILES string of the molecule is COC(=O)c1ccc(CN2C(=O)N/C(=C\c3cc(OC)c(OC(C)C)c([N+](=O)[O-])c3)C2=O)o1. The minimum absolute atomic E-state index is 0.0395. The minimum atomic E-state index is -0.719. The number of hydrogen-bond donors (Lipinski definition) is 1. The van der Waals surface area contributed by atoms with Crippen LogP contribution in [0.25, 0.3) is 6.08 Å². The minimum Gasteiger partial charge on any atom is -0.493 e. The molecule has 0 atom stereocenters. The van der Waals surface area contributed by atoms with Gasteiger partial charge >= 0.3 is 17.7 Å². The van der Waals surface area contributed by atoms with Gasteiger partial charge in [0.05, 0.1) is 31.8 Å². The van der Waals surface area contributed by atoms with E-state index < -0.39 is 22.8 Å². The highest BCUT2D eigenvalue weighted by atomic mass is 16.6. The van der Waals surface area contributed by atoms with Gasteiger partial charge in [-0.3, -0.25) is 19.8 Å². The summed E-state index contributed by atoms with van der Waals surface area (Å²) in [5.41, 5.74) is -0.214. The number of amides is 3. The van der Waals surface area contributed by atoms with Crippen LogP contribution in [0.15, 0.2) is 34.4 Å². The molecule has 1 fully saturated rings. The summed E-state index contributed by atoms with van der Waals surface area (Å²) < 4.78 is 20.6. The molecule has 0 bridgehead atoms. The number of ether oxygens (including phenoxy) is 3. The first kappa shape index (κ1) is 23.3. The summed E-state index contributed by atoms with van der Waals surface area (Å²) in [5, 5.41) is 14.0. The van der Waals surface area contributed by atoms with Crippen LogP contribution in [0.1, 0.15) is 35.7 Å². The smallest absolute Gasteiger partial charge is 0.373 e. The van der Waals surface area contributed by atoms with Crippen LogP contribution in [0.4, 0.5) is 10.5 Å². The Morgan fingerprint density at radius 1 is 1.27 bits per heavy atom. The summed E-state index contributed by atoms with van der Waals surface area (Å²) in [6, 6.07) is 4.75. The number of nitro benzene ring substituents is 1. The van der Waals surface area contributed by atoms with Gasteiger partial charge in [-0.2, -0.15) is 0 Å². The molecule has 1 aromatic carbocycles. The van der Waals surface area contributed by atoms with Crippen LogP contribution in [-0.4, -0.2) is 48.1 Å². The quantitative estimate of drug-likeness (QED) is 0.207. The lowest BCUT2D eigenvalue weighted by atomic mass is 10.1. The first-order valence-corrected chi connectivity index (χ1v) is 9.69. The topological polar surface area (TPSA) is 150 Å². The van der Waals surface area contributed by atoms with E-state index in [9.17, 15) is 24.5 Å². The predicted molar refractivity (Wildman–Crippen MR) is 113 cm³/mol. The van der Waals surface area contributed by atoms with Crippen LogP contribution < -0.4 is 14.8 Å². The zero-order chi connectivity index (χ0) is 24.3. The summed E-state index contributed by atoms with van der Waals surface area (Å²) in [7, 11) is 2.53. The van der Waals surface area contributed by atoms with E-state index in [1.54, 1.807) is 13.8 Å². The third-order valence-electron chi connectivity index (χ3n) is 4.46. The lowest BCUT2D eigenvalue weighted by molar-refractivity contribution is -0.386. The molecule has 1 aliphatic rings. The lowest BCUT2D eigenvalue weighted by Gasteiger charge is -2.14. The Morgan fingerprint density at radius 2 is 2.00 bits per heavy atom. The number of benzene rings is 1. The summed E-state index contributed by atoms with van der Waals surface area (Å²) in [5.74, 6) is -1.20. The molecule has 174 valence electrons. The number of carbonyl (C=O) groups excluding carboxylic acids is 3. The molecule has 1 aromatic heterocycles. The molecule has 0 unspecified atom stereocenters. The zero-order valence-corrected chi connectivity index (χ0v) is 18.2. The molecule has 12 nitrogen and oxygen atoms in total. The maximum Gasteiger partial charge on any atom is 0.373 e. The monoisotopic (exact) mass is 459 g/mol. The van der Waals surface area contributed by atoms with Gasteiger partial charge in [-0.25, -0.2) is 9.59 Å². The Kier molecular flexibility index (Phi) is 6.66. The molecule has 12 heteroatoms. The lowest BCUT2D eigenvalue weighted by Crippen LogP contribution is -2.30. The summed E-state index contributed by atoms with van der Waals surface area (Å²) in [6.45, 7) is 3.20. The molecule has 2 heterocycles. The van der Waals surface area contributed by atoms with Crippen LogP contribution in [0.3, 0.4) is 0 Å². The van der Waals surface area contributed by atoms with Gasteiger partial charge in [-0.1, -0.05) is 0 Å². The summed E-state index contributed by atoms with van der Waals surface area (Å²) in [4.78, 5) is 48.4. The van der Waals surface area contributed by atoms with E-state index >= 15 is 0 Å². The average Bonchev–Trinajstić information content (AvgIpc) is 3.34. The van der Waals surface area contributed by atoms with E-state index in [-0.39, 0.29) is 52.6 Å². The largest absolute Gasteiger partial charge is 0.493 e. The Morgan fingerprint density at radius 3 is 2.61 bits per heavy atom. The molecule has 1 N–H and O–H groups in total. The maximum absolute atomic E-state index is 12.8.